The molecule has 2 nitrogen and oxygen atoms in total. The molecule has 18 heavy (non-hydrogen) atoms. The number of hydrogen-bond acceptors (Lipinski definition) is 1. The molecule has 0 aliphatic carbocycles. The van der Waals surface area contributed by atoms with Gasteiger partial charge in [0.15, 0.2) is 0 Å². The molecule has 1 N–H and O–H groups in total. The summed E-state index contributed by atoms with van der Waals surface area (Å²) >= 11 is 0. The number of unbranched alkanes of at least 4 members (excludes halogenated alkanes) is 2. The standard InChI is InChI=1S/C15H30BNO/c1-5-7-10-14(16-13(3)4)11-8-9-12-17-15(18)6-2/h6,13-14,16H,2,5,7-12H2,1,3-4H3,(H,17,18). The molecule has 0 saturated heterocycles. The maximum Gasteiger partial charge on any atom is 0.243 e. The zero-order chi connectivity index (χ0) is 13.8. The molecule has 0 spiro atoms. The number of hydrogen-bond donors (Lipinski definition) is 1. The normalized spacial score (nSPS) is 12.2. The lowest BCUT2D eigenvalue weighted by Gasteiger charge is -2.17. The fraction of sp³-hybridized carbons (Fsp3) is 0.800. The number of carbonyl (C=O) groups is 1. The molecule has 0 aromatic heterocycles. The third-order valence-electron chi connectivity index (χ3n) is 3.29. The first kappa shape index (κ1) is 17.3. The third-order valence-corrected chi connectivity index (χ3v) is 3.29. The van der Waals surface area contributed by atoms with E-state index >= 15 is 0 Å². The molecule has 0 radical (unpaired) electrons. The van der Waals surface area contributed by atoms with E-state index in [-0.39, 0.29) is 5.91 Å². The second-order valence-corrected chi connectivity index (χ2v) is 5.63. The SMILES string of the molecule is C=CC(=O)NCCCCC(BC(C)C)CCCC. The Balaban J connectivity index is 3.67. The monoisotopic (exact) mass is 251 g/mol. The highest BCUT2D eigenvalue weighted by Crippen LogP contribution is 2.24. The minimum atomic E-state index is -0.0558. The summed E-state index contributed by atoms with van der Waals surface area (Å²) in [4.78, 5) is 11.0. The van der Waals surface area contributed by atoms with Gasteiger partial charge in [0.2, 0.25) is 5.91 Å². The number of rotatable bonds is 11. The van der Waals surface area contributed by atoms with Crippen LogP contribution in [0.5, 0.6) is 0 Å². The molecule has 0 aromatic carbocycles. The van der Waals surface area contributed by atoms with Gasteiger partial charge in [-0.1, -0.05) is 71.1 Å². The van der Waals surface area contributed by atoms with Crippen LogP contribution in [-0.2, 0) is 4.79 Å². The molecule has 0 saturated carbocycles. The third kappa shape index (κ3) is 10.4. The van der Waals surface area contributed by atoms with Crippen molar-refractivity contribution in [3.63, 3.8) is 0 Å². The first-order valence-corrected chi connectivity index (χ1v) is 7.50. The van der Waals surface area contributed by atoms with Crippen molar-refractivity contribution in [1.82, 2.24) is 5.32 Å². The highest BCUT2D eigenvalue weighted by atomic mass is 16.1. The Labute approximate surface area is 114 Å². The van der Waals surface area contributed by atoms with Gasteiger partial charge in [0.05, 0.1) is 0 Å². The lowest BCUT2D eigenvalue weighted by atomic mass is 9.53. The summed E-state index contributed by atoms with van der Waals surface area (Å²) in [6, 6.07) is 0. The molecule has 3 heteroatoms. The zero-order valence-corrected chi connectivity index (χ0v) is 12.5. The minimum Gasteiger partial charge on any atom is -0.353 e. The van der Waals surface area contributed by atoms with Gasteiger partial charge in [0.1, 0.15) is 7.28 Å². The summed E-state index contributed by atoms with van der Waals surface area (Å²) in [5, 5.41) is 2.83. The van der Waals surface area contributed by atoms with Gasteiger partial charge in [0.25, 0.3) is 0 Å². The van der Waals surface area contributed by atoms with Crippen LogP contribution < -0.4 is 5.32 Å². The van der Waals surface area contributed by atoms with E-state index in [1.807, 2.05) is 0 Å². The Hall–Kier alpha value is -0.725. The summed E-state index contributed by atoms with van der Waals surface area (Å²) in [6.45, 7) is 11.1. The molecular formula is C15H30BNO. The second kappa shape index (κ2) is 11.4. The summed E-state index contributed by atoms with van der Waals surface area (Å²) in [5.41, 5.74) is 0. The molecule has 0 fully saturated rings. The van der Waals surface area contributed by atoms with Crippen molar-refractivity contribution >= 4 is 13.2 Å². The molecule has 0 aliphatic rings. The first-order valence-electron chi connectivity index (χ1n) is 7.50. The molecule has 1 unspecified atom stereocenters. The van der Waals surface area contributed by atoms with E-state index in [9.17, 15) is 4.79 Å². The summed E-state index contributed by atoms with van der Waals surface area (Å²) in [6.07, 6.45) is 8.96. The minimum absolute atomic E-state index is 0.0558. The summed E-state index contributed by atoms with van der Waals surface area (Å²) in [7, 11) is 1.35. The molecule has 0 heterocycles. The van der Waals surface area contributed by atoms with Gasteiger partial charge < -0.3 is 5.32 Å². The topological polar surface area (TPSA) is 29.1 Å². The predicted molar refractivity (Wildman–Crippen MR) is 82.6 cm³/mol. The van der Waals surface area contributed by atoms with E-state index in [1.54, 1.807) is 0 Å². The maximum atomic E-state index is 11.0. The molecule has 1 amide bonds. The van der Waals surface area contributed by atoms with Crippen LogP contribution in [0.3, 0.4) is 0 Å². The van der Waals surface area contributed by atoms with E-state index < -0.39 is 0 Å². The fourth-order valence-electron chi connectivity index (χ4n) is 2.38. The maximum absolute atomic E-state index is 11.0. The lowest BCUT2D eigenvalue weighted by molar-refractivity contribution is -0.116. The van der Waals surface area contributed by atoms with E-state index in [1.165, 1.54) is 45.5 Å². The Morgan fingerprint density at radius 3 is 2.50 bits per heavy atom. The molecule has 0 rings (SSSR count). The van der Waals surface area contributed by atoms with Crippen LogP contribution in [-0.4, -0.2) is 19.7 Å². The van der Waals surface area contributed by atoms with E-state index in [0.29, 0.717) is 0 Å². The molecule has 1 atom stereocenters. The molecule has 0 bridgehead atoms. The largest absolute Gasteiger partial charge is 0.353 e. The van der Waals surface area contributed by atoms with Gasteiger partial charge >= 0.3 is 0 Å². The highest BCUT2D eigenvalue weighted by molar-refractivity contribution is 6.39. The van der Waals surface area contributed by atoms with Crippen LogP contribution in [0.25, 0.3) is 0 Å². The van der Waals surface area contributed by atoms with Gasteiger partial charge in [-0.25, -0.2) is 0 Å². The van der Waals surface area contributed by atoms with Crippen LogP contribution in [0.2, 0.25) is 11.6 Å². The van der Waals surface area contributed by atoms with Crippen LogP contribution in [0.4, 0.5) is 0 Å². The molecular weight excluding hydrogens is 221 g/mol. The second-order valence-electron chi connectivity index (χ2n) is 5.63. The zero-order valence-electron chi connectivity index (χ0n) is 12.5. The van der Waals surface area contributed by atoms with Crippen LogP contribution in [0, 0.1) is 0 Å². The number of carbonyl (C=O) groups excluding carboxylic acids is 1. The average molecular weight is 251 g/mol. The Kier molecular flexibility index (Phi) is 10.9. The Morgan fingerprint density at radius 1 is 1.28 bits per heavy atom. The predicted octanol–water partition coefficient (Wildman–Crippen LogP) is 3.70. The van der Waals surface area contributed by atoms with E-state index in [4.69, 9.17) is 0 Å². The van der Waals surface area contributed by atoms with Gasteiger partial charge in [-0.3, -0.25) is 4.79 Å². The molecule has 104 valence electrons. The van der Waals surface area contributed by atoms with Crippen LogP contribution in [0.1, 0.15) is 59.3 Å². The Bertz CT molecular complexity index is 229. The summed E-state index contributed by atoms with van der Waals surface area (Å²) in [5.74, 6) is 1.62. The first-order chi connectivity index (χ1) is 8.60. The van der Waals surface area contributed by atoms with Crippen molar-refractivity contribution in [2.75, 3.05) is 6.54 Å². The van der Waals surface area contributed by atoms with Crippen molar-refractivity contribution in [3.8, 4) is 0 Å². The van der Waals surface area contributed by atoms with E-state index in [0.717, 1.165) is 24.6 Å². The number of amides is 1. The van der Waals surface area contributed by atoms with Crippen molar-refractivity contribution < 1.29 is 4.79 Å². The van der Waals surface area contributed by atoms with Crippen molar-refractivity contribution in [1.29, 1.82) is 0 Å². The van der Waals surface area contributed by atoms with E-state index in [2.05, 4.69) is 32.7 Å². The average Bonchev–Trinajstić information content (AvgIpc) is 2.34. The van der Waals surface area contributed by atoms with Crippen molar-refractivity contribution in [3.05, 3.63) is 12.7 Å². The van der Waals surface area contributed by atoms with Crippen molar-refractivity contribution in [2.24, 2.45) is 0 Å². The lowest BCUT2D eigenvalue weighted by Crippen LogP contribution is -2.21. The van der Waals surface area contributed by atoms with Gasteiger partial charge in [-0.05, 0) is 12.5 Å². The smallest absolute Gasteiger partial charge is 0.243 e. The van der Waals surface area contributed by atoms with Gasteiger partial charge in [0, 0.05) is 6.54 Å². The Morgan fingerprint density at radius 2 is 1.94 bits per heavy atom. The quantitative estimate of drug-likeness (QED) is 0.338. The van der Waals surface area contributed by atoms with Gasteiger partial charge in [-0.2, -0.15) is 0 Å². The van der Waals surface area contributed by atoms with Crippen LogP contribution >= 0.6 is 0 Å². The molecule has 0 aliphatic heterocycles. The van der Waals surface area contributed by atoms with Crippen molar-refractivity contribution in [2.45, 2.75) is 70.9 Å². The molecule has 0 aromatic rings. The van der Waals surface area contributed by atoms with Gasteiger partial charge in [-0.15, -0.1) is 0 Å². The fourth-order valence-corrected chi connectivity index (χ4v) is 2.38. The van der Waals surface area contributed by atoms with Crippen LogP contribution in [0.15, 0.2) is 12.7 Å². The number of nitrogens with one attached hydrogen (secondary N) is 1. The highest BCUT2D eigenvalue weighted by Gasteiger charge is 2.11. The summed E-state index contributed by atoms with van der Waals surface area (Å²) < 4.78 is 0.